The molecule has 0 spiro atoms. The van der Waals surface area contributed by atoms with E-state index in [1.54, 1.807) is 6.92 Å². The number of hydrogen-bond acceptors (Lipinski definition) is 4. The standard InChI is InChI=1S/C14H20O4/c1-4-5-6-7-10-8-11(15)9(2)13(16)12(10)14(17)18-3/h8,15-16H,4-7H2,1-3H3. The molecule has 0 heterocycles. The molecule has 0 saturated carbocycles. The Balaban J connectivity index is 3.17. The van der Waals surface area contributed by atoms with Gasteiger partial charge in [-0.05, 0) is 31.4 Å². The molecule has 0 aliphatic rings. The Bertz CT molecular complexity index is 438. The van der Waals surface area contributed by atoms with Gasteiger partial charge in [0.25, 0.3) is 0 Å². The zero-order valence-corrected chi connectivity index (χ0v) is 11.1. The number of aromatic hydroxyl groups is 2. The average molecular weight is 252 g/mol. The molecule has 100 valence electrons. The maximum absolute atomic E-state index is 11.7. The zero-order valence-electron chi connectivity index (χ0n) is 11.1. The van der Waals surface area contributed by atoms with Gasteiger partial charge in [-0.1, -0.05) is 19.8 Å². The number of methoxy groups -OCH3 is 1. The highest BCUT2D eigenvalue weighted by Crippen LogP contribution is 2.34. The van der Waals surface area contributed by atoms with Crippen LogP contribution < -0.4 is 0 Å². The molecule has 0 aliphatic carbocycles. The van der Waals surface area contributed by atoms with Crippen molar-refractivity contribution in [2.24, 2.45) is 0 Å². The molecule has 1 aromatic rings. The second-order valence-corrected chi connectivity index (χ2v) is 4.35. The number of rotatable bonds is 5. The van der Waals surface area contributed by atoms with Gasteiger partial charge in [0.05, 0.1) is 7.11 Å². The van der Waals surface area contributed by atoms with E-state index in [0.717, 1.165) is 19.3 Å². The summed E-state index contributed by atoms with van der Waals surface area (Å²) in [7, 11) is 1.28. The average Bonchev–Trinajstić information content (AvgIpc) is 2.36. The summed E-state index contributed by atoms with van der Waals surface area (Å²) in [6.07, 6.45) is 3.65. The lowest BCUT2D eigenvalue weighted by molar-refractivity contribution is 0.0596. The van der Waals surface area contributed by atoms with E-state index >= 15 is 0 Å². The zero-order chi connectivity index (χ0) is 13.7. The number of carbonyl (C=O) groups excluding carboxylic acids is 1. The molecular formula is C14H20O4. The molecule has 0 radical (unpaired) electrons. The van der Waals surface area contributed by atoms with Gasteiger partial charge in [-0.15, -0.1) is 0 Å². The number of hydrogen-bond donors (Lipinski definition) is 2. The van der Waals surface area contributed by atoms with Gasteiger partial charge in [0.15, 0.2) is 0 Å². The maximum Gasteiger partial charge on any atom is 0.341 e. The van der Waals surface area contributed by atoms with Crippen LogP contribution in [0.4, 0.5) is 0 Å². The smallest absolute Gasteiger partial charge is 0.341 e. The molecular weight excluding hydrogens is 232 g/mol. The van der Waals surface area contributed by atoms with Crippen LogP contribution in [0.1, 0.15) is 47.7 Å². The third kappa shape index (κ3) is 2.94. The first-order valence-corrected chi connectivity index (χ1v) is 6.15. The van der Waals surface area contributed by atoms with Gasteiger partial charge in [-0.25, -0.2) is 4.79 Å². The quantitative estimate of drug-likeness (QED) is 0.624. The number of unbranched alkanes of at least 4 members (excludes halogenated alkanes) is 2. The highest BCUT2D eigenvalue weighted by Gasteiger charge is 2.21. The minimum Gasteiger partial charge on any atom is -0.508 e. The molecule has 0 aromatic heterocycles. The minimum absolute atomic E-state index is 0.00616. The van der Waals surface area contributed by atoms with Crippen LogP contribution in [0.3, 0.4) is 0 Å². The fraction of sp³-hybridized carbons (Fsp3) is 0.500. The van der Waals surface area contributed by atoms with E-state index in [0.29, 0.717) is 17.5 Å². The first kappa shape index (κ1) is 14.4. The van der Waals surface area contributed by atoms with Crippen LogP contribution in [-0.4, -0.2) is 23.3 Å². The van der Waals surface area contributed by atoms with Crippen LogP contribution in [0.2, 0.25) is 0 Å². The molecule has 0 atom stereocenters. The van der Waals surface area contributed by atoms with Crippen LogP contribution in [0.15, 0.2) is 6.07 Å². The van der Waals surface area contributed by atoms with E-state index in [2.05, 4.69) is 11.7 Å². The topological polar surface area (TPSA) is 66.8 Å². The summed E-state index contributed by atoms with van der Waals surface area (Å²) in [5, 5.41) is 19.7. The fourth-order valence-corrected chi connectivity index (χ4v) is 1.90. The van der Waals surface area contributed by atoms with Gasteiger partial charge in [-0.2, -0.15) is 0 Å². The Morgan fingerprint density at radius 2 is 2.00 bits per heavy atom. The first-order valence-electron chi connectivity index (χ1n) is 6.15. The first-order chi connectivity index (χ1) is 8.52. The molecule has 0 aliphatic heterocycles. The number of carbonyl (C=O) groups is 1. The summed E-state index contributed by atoms with van der Waals surface area (Å²) < 4.78 is 4.68. The van der Waals surface area contributed by atoms with Gasteiger partial charge < -0.3 is 14.9 Å². The molecule has 4 heteroatoms. The highest BCUT2D eigenvalue weighted by atomic mass is 16.5. The molecule has 0 fully saturated rings. The molecule has 1 aromatic carbocycles. The molecule has 0 saturated heterocycles. The molecule has 18 heavy (non-hydrogen) atoms. The Hall–Kier alpha value is -1.71. The number of aryl methyl sites for hydroxylation is 1. The number of esters is 1. The number of benzene rings is 1. The third-order valence-electron chi connectivity index (χ3n) is 3.05. The fourth-order valence-electron chi connectivity index (χ4n) is 1.90. The van der Waals surface area contributed by atoms with E-state index in [9.17, 15) is 15.0 Å². The lowest BCUT2D eigenvalue weighted by Gasteiger charge is -2.13. The second-order valence-electron chi connectivity index (χ2n) is 4.35. The van der Waals surface area contributed by atoms with E-state index in [1.807, 2.05) is 0 Å². The van der Waals surface area contributed by atoms with Crippen molar-refractivity contribution in [1.82, 2.24) is 0 Å². The largest absolute Gasteiger partial charge is 0.508 e. The van der Waals surface area contributed by atoms with Gasteiger partial charge >= 0.3 is 5.97 Å². The van der Waals surface area contributed by atoms with Crippen molar-refractivity contribution >= 4 is 5.97 Å². The molecule has 0 unspecified atom stereocenters. The highest BCUT2D eigenvalue weighted by molar-refractivity contribution is 5.95. The van der Waals surface area contributed by atoms with E-state index in [1.165, 1.54) is 13.2 Å². The van der Waals surface area contributed by atoms with Gasteiger partial charge in [0, 0.05) is 5.56 Å². The van der Waals surface area contributed by atoms with Crippen LogP contribution in [0.5, 0.6) is 11.5 Å². The van der Waals surface area contributed by atoms with E-state index in [4.69, 9.17) is 0 Å². The van der Waals surface area contributed by atoms with Crippen molar-refractivity contribution in [2.75, 3.05) is 7.11 Å². The Morgan fingerprint density at radius 3 is 2.56 bits per heavy atom. The summed E-state index contributed by atoms with van der Waals surface area (Å²) in [6, 6.07) is 1.54. The lowest BCUT2D eigenvalue weighted by Crippen LogP contribution is -2.07. The summed E-state index contributed by atoms with van der Waals surface area (Å²) in [5.74, 6) is -0.748. The normalized spacial score (nSPS) is 10.4. The van der Waals surface area contributed by atoms with Gasteiger partial charge in [0.1, 0.15) is 17.1 Å². The third-order valence-corrected chi connectivity index (χ3v) is 3.05. The van der Waals surface area contributed by atoms with Gasteiger partial charge in [0.2, 0.25) is 0 Å². The summed E-state index contributed by atoms with van der Waals surface area (Å²) in [5.41, 5.74) is 1.11. The van der Waals surface area contributed by atoms with Crippen LogP contribution in [0.25, 0.3) is 0 Å². The predicted molar refractivity (Wildman–Crippen MR) is 69.1 cm³/mol. The van der Waals surface area contributed by atoms with E-state index < -0.39 is 5.97 Å². The van der Waals surface area contributed by atoms with E-state index in [-0.39, 0.29) is 17.1 Å². The lowest BCUT2D eigenvalue weighted by atomic mass is 9.97. The van der Waals surface area contributed by atoms with Crippen molar-refractivity contribution in [3.63, 3.8) is 0 Å². The van der Waals surface area contributed by atoms with Crippen molar-refractivity contribution in [3.8, 4) is 11.5 Å². The SMILES string of the molecule is CCCCCc1cc(O)c(C)c(O)c1C(=O)OC. The Kier molecular flexibility index (Phi) is 5.01. The molecule has 2 N–H and O–H groups in total. The van der Waals surface area contributed by atoms with Crippen LogP contribution >= 0.6 is 0 Å². The summed E-state index contributed by atoms with van der Waals surface area (Å²) in [6.45, 7) is 3.65. The minimum atomic E-state index is -0.568. The number of phenols is 2. The molecule has 1 rings (SSSR count). The van der Waals surface area contributed by atoms with Crippen molar-refractivity contribution in [1.29, 1.82) is 0 Å². The van der Waals surface area contributed by atoms with Gasteiger partial charge in [-0.3, -0.25) is 0 Å². The molecule has 4 nitrogen and oxygen atoms in total. The Morgan fingerprint density at radius 1 is 1.33 bits per heavy atom. The van der Waals surface area contributed by atoms with Crippen molar-refractivity contribution < 1.29 is 19.7 Å². The van der Waals surface area contributed by atoms with Crippen molar-refractivity contribution in [3.05, 3.63) is 22.8 Å². The van der Waals surface area contributed by atoms with Crippen LogP contribution in [-0.2, 0) is 11.2 Å². The monoisotopic (exact) mass is 252 g/mol. The summed E-state index contributed by atoms with van der Waals surface area (Å²) >= 11 is 0. The molecule has 0 bridgehead atoms. The number of phenolic OH excluding ortho intramolecular Hbond substituents is 2. The number of ether oxygens (including phenoxy) is 1. The predicted octanol–water partition coefficient (Wildman–Crippen LogP) is 2.93. The summed E-state index contributed by atoms with van der Waals surface area (Å²) in [4.78, 5) is 11.7. The van der Waals surface area contributed by atoms with Crippen LogP contribution in [0, 0.1) is 6.92 Å². The van der Waals surface area contributed by atoms with Crippen molar-refractivity contribution in [2.45, 2.75) is 39.5 Å². The Labute approximate surface area is 107 Å². The molecule has 0 amide bonds. The second kappa shape index (κ2) is 6.28. The maximum atomic E-state index is 11.7.